The van der Waals surface area contributed by atoms with Crippen molar-refractivity contribution in [3.63, 3.8) is 0 Å². The second kappa shape index (κ2) is 5.02. The van der Waals surface area contributed by atoms with Gasteiger partial charge in [0.2, 0.25) is 0 Å². The highest BCUT2D eigenvalue weighted by molar-refractivity contribution is 5.44. The predicted molar refractivity (Wildman–Crippen MR) is 74.6 cm³/mol. The minimum absolute atomic E-state index is 0.282. The lowest BCUT2D eigenvalue weighted by Crippen LogP contribution is -2.52. The lowest BCUT2D eigenvalue weighted by atomic mass is 10.0. The quantitative estimate of drug-likeness (QED) is 0.882. The zero-order valence-electron chi connectivity index (χ0n) is 11.7. The lowest BCUT2D eigenvalue weighted by Gasteiger charge is -2.41. The molecule has 3 rings (SSSR count). The molecule has 2 unspecified atom stereocenters. The Kier molecular flexibility index (Phi) is 3.37. The Hall–Kier alpha value is -1.26. The third kappa shape index (κ3) is 2.30. The molecule has 19 heavy (non-hydrogen) atoms. The van der Waals surface area contributed by atoms with Crippen LogP contribution in [-0.4, -0.2) is 54.2 Å². The summed E-state index contributed by atoms with van der Waals surface area (Å²) in [6.07, 6.45) is 1.18. The van der Waals surface area contributed by atoms with Crippen LogP contribution >= 0.6 is 0 Å². The van der Waals surface area contributed by atoms with E-state index in [4.69, 9.17) is 4.74 Å². The number of nitrogens with zero attached hydrogens (tertiary/aromatic N) is 2. The molecule has 0 spiro atoms. The maximum atomic E-state index is 9.51. The van der Waals surface area contributed by atoms with Gasteiger partial charge >= 0.3 is 0 Å². The van der Waals surface area contributed by atoms with E-state index in [1.807, 2.05) is 6.07 Å². The molecular formula is C15H22N2O2. The number of fused-ring (bicyclic) bond motifs is 1. The van der Waals surface area contributed by atoms with Crippen molar-refractivity contribution in [1.29, 1.82) is 0 Å². The number of phenols is 1. The van der Waals surface area contributed by atoms with Crippen molar-refractivity contribution in [3.8, 4) is 11.5 Å². The molecule has 1 N–H and O–H groups in total. The normalized spacial score (nSPS) is 28.1. The Labute approximate surface area is 114 Å². The number of aromatic hydroxyl groups is 1. The van der Waals surface area contributed by atoms with E-state index in [1.54, 1.807) is 12.1 Å². The Morgan fingerprint density at radius 3 is 3.00 bits per heavy atom. The van der Waals surface area contributed by atoms with Gasteiger partial charge in [-0.15, -0.1) is 0 Å². The van der Waals surface area contributed by atoms with E-state index in [1.165, 1.54) is 12.0 Å². The first-order valence-electron chi connectivity index (χ1n) is 7.09. The van der Waals surface area contributed by atoms with E-state index in [0.717, 1.165) is 25.4 Å². The third-order valence-corrected chi connectivity index (χ3v) is 4.47. The molecule has 0 aromatic heterocycles. The summed E-state index contributed by atoms with van der Waals surface area (Å²) in [5, 5.41) is 9.51. The number of hydrogen-bond acceptors (Lipinski definition) is 4. The Morgan fingerprint density at radius 2 is 2.21 bits per heavy atom. The summed E-state index contributed by atoms with van der Waals surface area (Å²) in [4.78, 5) is 4.97. The summed E-state index contributed by atoms with van der Waals surface area (Å²) in [5.74, 6) is 1.13. The van der Waals surface area contributed by atoms with Crippen LogP contribution in [0.2, 0.25) is 0 Å². The minimum atomic E-state index is 0.282. The van der Waals surface area contributed by atoms with Gasteiger partial charge in [0.15, 0.2) is 0 Å². The number of rotatable bonds is 2. The molecule has 1 fully saturated rings. The zero-order valence-corrected chi connectivity index (χ0v) is 11.7. The minimum Gasteiger partial charge on any atom is -0.508 e. The van der Waals surface area contributed by atoms with Gasteiger partial charge in [0, 0.05) is 37.3 Å². The Morgan fingerprint density at radius 1 is 1.37 bits per heavy atom. The fraction of sp³-hybridized carbons (Fsp3) is 0.600. The molecule has 0 bridgehead atoms. The predicted octanol–water partition coefficient (Wildman–Crippen LogP) is 1.85. The standard InChI is InChI=1S/C15H22N2O2/c1-3-11-9-17(7-6-16(11)2)14-10-19-15-8-12(18)4-5-13(14)15/h4-5,8,11,14,18H,3,6-7,9-10H2,1-2H3. The van der Waals surface area contributed by atoms with Crippen LogP contribution in [0, 0.1) is 0 Å². The van der Waals surface area contributed by atoms with Crippen LogP contribution in [0.4, 0.5) is 0 Å². The van der Waals surface area contributed by atoms with Crippen LogP contribution in [0.5, 0.6) is 11.5 Å². The molecule has 2 aliphatic heterocycles. The average molecular weight is 262 g/mol. The van der Waals surface area contributed by atoms with Crippen molar-refractivity contribution in [2.24, 2.45) is 0 Å². The van der Waals surface area contributed by atoms with Crippen LogP contribution < -0.4 is 4.74 Å². The van der Waals surface area contributed by atoms with Crippen LogP contribution in [0.25, 0.3) is 0 Å². The Bertz CT molecular complexity index is 463. The number of benzene rings is 1. The fourth-order valence-electron chi connectivity index (χ4n) is 3.18. The largest absolute Gasteiger partial charge is 0.508 e. The molecule has 0 amide bonds. The molecule has 2 aliphatic rings. The van der Waals surface area contributed by atoms with Crippen LogP contribution in [0.1, 0.15) is 24.9 Å². The monoisotopic (exact) mass is 262 g/mol. The highest BCUT2D eigenvalue weighted by atomic mass is 16.5. The first kappa shape index (κ1) is 12.8. The summed E-state index contributed by atoms with van der Waals surface area (Å²) in [6, 6.07) is 6.46. The van der Waals surface area contributed by atoms with Crippen molar-refractivity contribution in [2.45, 2.75) is 25.4 Å². The summed E-state index contributed by atoms with van der Waals surface area (Å²) < 4.78 is 5.73. The molecule has 4 heteroatoms. The molecule has 1 aromatic carbocycles. The van der Waals surface area contributed by atoms with E-state index in [0.29, 0.717) is 18.7 Å². The SMILES string of the molecule is CCC1CN(C2COc3cc(O)ccc32)CCN1C. The summed E-state index contributed by atoms with van der Waals surface area (Å²) in [7, 11) is 2.21. The van der Waals surface area contributed by atoms with Crippen LogP contribution in [-0.2, 0) is 0 Å². The van der Waals surface area contributed by atoms with Crippen molar-refractivity contribution in [1.82, 2.24) is 9.80 Å². The molecule has 4 nitrogen and oxygen atoms in total. The summed E-state index contributed by atoms with van der Waals surface area (Å²) in [6.45, 7) is 6.26. The van der Waals surface area contributed by atoms with Gasteiger partial charge in [0.25, 0.3) is 0 Å². The third-order valence-electron chi connectivity index (χ3n) is 4.47. The molecule has 1 saturated heterocycles. The number of likely N-dealkylation sites (N-methyl/N-ethyl adjacent to an activating group) is 1. The number of hydrogen-bond donors (Lipinski definition) is 1. The fourth-order valence-corrected chi connectivity index (χ4v) is 3.18. The first-order valence-corrected chi connectivity index (χ1v) is 7.09. The Balaban J connectivity index is 1.78. The van der Waals surface area contributed by atoms with E-state index >= 15 is 0 Å². The maximum Gasteiger partial charge on any atom is 0.127 e. The number of phenolic OH excluding ortho intramolecular Hbond substituents is 1. The van der Waals surface area contributed by atoms with Gasteiger partial charge in [0.1, 0.15) is 18.1 Å². The van der Waals surface area contributed by atoms with Gasteiger partial charge < -0.3 is 14.7 Å². The van der Waals surface area contributed by atoms with E-state index in [9.17, 15) is 5.11 Å². The van der Waals surface area contributed by atoms with E-state index in [2.05, 4.69) is 23.8 Å². The van der Waals surface area contributed by atoms with Crippen molar-refractivity contribution in [3.05, 3.63) is 23.8 Å². The molecule has 0 aliphatic carbocycles. The topological polar surface area (TPSA) is 35.9 Å². The second-order valence-corrected chi connectivity index (χ2v) is 5.59. The molecular weight excluding hydrogens is 240 g/mol. The second-order valence-electron chi connectivity index (χ2n) is 5.59. The number of ether oxygens (including phenoxy) is 1. The molecule has 0 saturated carbocycles. The van der Waals surface area contributed by atoms with Gasteiger partial charge in [-0.2, -0.15) is 0 Å². The van der Waals surface area contributed by atoms with Gasteiger partial charge in [-0.25, -0.2) is 0 Å². The van der Waals surface area contributed by atoms with Crippen LogP contribution in [0.3, 0.4) is 0 Å². The van der Waals surface area contributed by atoms with Gasteiger partial charge in [-0.1, -0.05) is 6.92 Å². The van der Waals surface area contributed by atoms with Gasteiger partial charge in [-0.3, -0.25) is 4.90 Å². The van der Waals surface area contributed by atoms with E-state index in [-0.39, 0.29) is 5.75 Å². The van der Waals surface area contributed by atoms with Crippen LogP contribution in [0.15, 0.2) is 18.2 Å². The highest BCUT2D eigenvalue weighted by Gasteiger charge is 2.33. The molecule has 104 valence electrons. The zero-order chi connectivity index (χ0) is 13.4. The van der Waals surface area contributed by atoms with Crippen molar-refractivity contribution in [2.75, 3.05) is 33.3 Å². The average Bonchev–Trinajstić information content (AvgIpc) is 2.82. The van der Waals surface area contributed by atoms with Crippen molar-refractivity contribution >= 4 is 0 Å². The maximum absolute atomic E-state index is 9.51. The first-order chi connectivity index (χ1) is 9.19. The summed E-state index contributed by atoms with van der Waals surface area (Å²) >= 11 is 0. The highest BCUT2D eigenvalue weighted by Crippen LogP contribution is 2.38. The van der Waals surface area contributed by atoms with Crippen molar-refractivity contribution < 1.29 is 9.84 Å². The molecule has 2 heterocycles. The van der Waals surface area contributed by atoms with E-state index < -0.39 is 0 Å². The number of piperazine rings is 1. The molecule has 0 radical (unpaired) electrons. The molecule has 2 atom stereocenters. The summed E-state index contributed by atoms with van der Waals surface area (Å²) in [5.41, 5.74) is 1.22. The van der Waals surface area contributed by atoms with Gasteiger partial charge in [0.05, 0.1) is 6.04 Å². The van der Waals surface area contributed by atoms with Gasteiger partial charge in [-0.05, 0) is 25.6 Å². The lowest BCUT2D eigenvalue weighted by molar-refractivity contribution is 0.0544. The molecule has 1 aromatic rings. The smallest absolute Gasteiger partial charge is 0.127 e.